The Morgan fingerprint density at radius 1 is 1.20 bits per heavy atom. The third kappa shape index (κ3) is 2.93. The van der Waals surface area contributed by atoms with Crippen LogP contribution in [0.15, 0.2) is 41.2 Å². The largest absolute Gasteiger partial charge is 0.320 e. The van der Waals surface area contributed by atoms with Crippen LogP contribution in [0.2, 0.25) is 0 Å². The van der Waals surface area contributed by atoms with Crippen LogP contribution in [0.5, 0.6) is 0 Å². The van der Waals surface area contributed by atoms with Gasteiger partial charge in [-0.05, 0) is 38.5 Å². The maximum Gasteiger partial charge on any atom is 0.276 e. The van der Waals surface area contributed by atoms with Gasteiger partial charge in [-0.15, -0.1) is 0 Å². The zero-order chi connectivity index (χ0) is 14.7. The van der Waals surface area contributed by atoms with Gasteiger partial charge in [-0.1, -0.05) is 18.2 Å². The molecule has 0 aliphatic rings. The summed E-state index contributed by atoms with van der Waals surface area (Å²) < 4.78 is 1.30. The van der Waals surface area contributed by atoms with E-state index in [0.29, 0.717) is 0 Å². The number of carbonyl (C=O) groups excluding carboxylic acids is 1. The average molecular weight is 271 g/mol. The van der Waals surface area contributed by atoms with Gasteiger partial charge >= 0.3 is 0 Å². The summed E-state index contributed by atoms with van der Waals surface area (Å²) in [7, 11) is 0. The normalized spacial score (nSPS) is 10.6. The van der Waals surface area contributed by atoms with Crippen molar-refractivity contribution in [2.24, 2.45) is 0 Å². The lowest BCUT2D eigenvalue weighted by molar-refractivity contribution is 0.101. The van der Waals surface area contributed by atoms with Crippen LogP contribution in [0.3, 0.4) is 0 Å². The molecule has 0 radical (unpaired) electrons. The SMILES string of the molecule is Cc1ccccc1NC(=O)c1ccc(=O)n(C(C)C)n1. The van der Waals surface area contributed by atoms with Crippen LogP contribution in [-0.2, 0) is 0 Å². The van der Waals surface area contributed by atoms with E-state index in [1.807, 2.05) is 45.0 Å². The van der Waals surface area contributed by atoms with Crippen LogP contribution in [0.25, 0.3) is 0 Å². The maximum absolute atomic E-state index is 12.2. The molecule has 2 rings (SSSR count). The second kappa shape index (κ2) is 5.69. The fourth-order valence-corrected chi connectivity index (χ4v) is 1.82. The van der Waals surface area contributed by atoms with Crippen LogP contribution < -0.4 is 10.9 Å². The van der Waals surface area contributed by atoms with Crippen molar-refractivity contribution in [3.05, 3.63) is 58.0 Å². The molecule has 0 saturated carbocycles. The van der Waals surface area contributed by atoms with Gasteiger partial charge in [0.1, 0.15) is 5.69 Å². The second-order valence-corrected chi connectivity index (χ2v) is 4.86. The van der Waals surface area contributed by atoms with Crippen LogP contribution in [0.4, 0.5) is 5.69 Å². The van der Waals surface area contributed by atoms with Crippen molar-refractivity contribution in [2.45, 2.75) is 26.8 Å². The molecule has 0 fully saturated rings. The maximum atomic E-state index is 12.2. The molecule has 0 aliphatic carbocycles. The number of amides is 1. The molecule has 0 bridgehead atoms. The quantitative estimate of drug-likeness (QED) is 0.932. The number of hydrogen-bond donors (Lipinski definition) is 1. The number of carbonyl (C=O) groups is 1. The van der Waals surface area contributed by atoms with Crippen molar-refractivity contribution >= 4 is 11.6 Å². The Labute approximate surface area is 117 Å². The van der Waals surface area contributed by atoms with E-state index in [2.05, 4.69) is 10.4 Å². The molecule has 1 aromatic carbocycles. The van der Waals surface area contributed by atoms with Gasteiger partial charge in [0, 0.05) is 11.8 Å². The number of nitrogens with zero attached hydrogens (tertiary/aromatic N) is 2. The molecule has 1 amide bonds. The van der Waals surface area contributed by atoms with E-state index in [-0.39, 0.29) is 23.2 Å². The summed E-state index contributed by atoms with van der Waals surface area (Å²) in [5, 5.41) is 6.88. The summed E-state index contributed by atoms with van der Waals surface area (Å²) in [5.41, 5.74) is 1.72. The predicted molar refractivity (Wildman–Crippen MR) is 78.0 cm³/mol. The molecule has 1 N–H and O–H groups in total. The first-order valence-electron chi connectivity index (χ1n) is 6.46. The molecule has 5 nitrogen and oxygen atoms in total. The highest BCUT2D eigenvalue weighted by molar-refractivity contribution is 6.03. The molecule has 0 unspecified atom stereocenters. The number of aryl methyl sites for hydroxylation is 1. The minimum absolute atomic E-state index is 0.0892. The van der Waals surface area contributed by atoms with Gasteiger partial charge in [-0.2, -0.15) is 5.10 Å². The minimum Gasteiger partial charge on any atom is -0.320 e. The van der Waals surface area contributed by atoms with E-state index in [9.17, 15) is 9.59 Å². The molecule has 20 heavy (non-hydrogen) atoms. The molecular weight excluding hydrogens is 254 g/mol. The molecular formula is C15H17N3O2. The molecule has 104 valence electrons. The highest BCUT2D eigenvalue weighted by Gasteiger charge is 2.12. The molecule has 0 saturated heterocycles. The van der Waals surface area contributed by atoms with E-state index in [0.717, 1.165) is 11.3 Å². The molecule has 0 atom stereocenters. The van der Waals surface area contributed by atoms with Crippen molar-refractivity contribution in [1.29, 1.82) is 0 Å². The zero-order valence-corrected chi connectivity index (χ0v) is 11.8. The number of benzene rings is 1. The smallest absolute Gasteiger partial charge is 0.276 e. The predicted octanol–water partition coefficient (Wildman–Crippen LogP) is 2.38. The summed E-state index contributed by atoms with van der Waals surface area (Å²) in [6, 6.07) is 10.2. The monoisotopic (exact) mass is 271 g/mol. The Morgan fingerprint density at radius 2 is 1.90 bits per heavy atom. The van der Waals surface area contributed by atoms with Crippen molar-refractivity contribution < 1.29 is 4.79 Å². The topological polar surface area (TPSA) is 64.0 Å². The van der Waals surface area contributed by atoms with E-state index in [4.69, 9.17) is 0 Å². The average Bonchev–Trinajstić information content (AvgIpc) is 2.41. The lowest BCUT2D eigenvalue weighted by Crippen LogP contribution is -2.27. The van der Waals surface area contributed by atoms with E-state index in [1.54, 1.807) is 0 Å². The highest BCUT2D eigenvalue weighted by atomic mass is 16.2. The Bertz CT molecular complexity index is 690. The number of hydrogen-bond acceptors (Lipinski definition) is 3. The summed E-state index contributed by atoms with van der Waals surface area (Å²) in [5.74, 6) is -0.325. The van der Waals surface area contributed by atoms with Gasteiger partial charge in [-0.3, -0.25) is 9.59 Å². The Balaban J connectivity index is 2.28. The van der Waals surface area contributed by atoms with Crippen LogP contribution in [0, 0.1) is 6.92 Å². The highest BCUT2D eigenvalue weighted by Crippen LogP contribution is 2.14. The summed E-state index contributed by atoms with van der Waals surface area (Å²) in [6.07, 6.45) is 0. The van der Waals surface area contributed by atoms with Gasteiger partial charge in [0.15, 0.2) is 0 Å². The molecule has 1 aromatic heterocycles. The van der Waals surface area contributed by atoms with Crippen LogP contribution >= 0.6 is 0 Å². The zero-order valence-electron chi connectivity index (χ0n) is 11.8. The summed E-state index contributed by atoms with van der Waals surface area (Å²) >= 11 is 0. The van der Waals surface area contributed by atoms with Crippen LogP contribution in [-0.4, -0.2) is 15.7 Å². The van der Waals surface area contributed by atoms with E-state index in [1.165, 1.54) is 16.8 Å². The molecule has 2 aromatic rings. The van der Waals surface area contributed by atoms with Crippen molar-refractivity contribution in [3.63, 3.8) is 0 Å². The number of anilines is 1. The van der Waals surface area contributed by atoms with Crippen molar-refractivity contribution in [1.82, 2.24) is 9.78 Å². The van der Waals surface area contributed by atoms with E-state index >= 15 is 0 Å². The minimum atomic E-state index is -0.325. The molecule has 0 aliphatic heterocycles. The Kier molecular flexibility index (Phi) is 3.98. The lowest BCUT2D eigenvalue weighted by atomic mass is 10.2. The number of nitrogens with one attached hydrogen (secondary N) is 1. The number of rotatable bonds is 3. The molecule has 1 heterocycles. The molecule has 5 heteroatoms. The van der Waals surface area contributed by atoms with Crippen molar-refractivity contribution in [3.8, 4) is 0 Å². The standard InChI is InChI=1S/C15H17N3O2/c1-10(2)18-14(19)9-8-13(17-18)15(20)16-12-7-5-4-6-11(12)3/h4-10H,1-3H3,(H,16,20). The fraction of sp³-hybridized carbons (Fsp3) is 0.267. The number of aromatic nitrogens is 2. The lowest BCUT2D eigenvalue weighted by Gasteiger charge is -2.11. The first-order valence-corrected chi connectivity index (χ1v) is 6.46. The van der Waals surface area contributed by atoms with Crippen LogP contribution in [0.1, 0.15) is 35.9 Å². The summed E-state index contributed by atoms with van der Waals surface area (Å²) in [4.78, 5) is 23.8. The third-order valence-electron chi connectivity index (χ3n) is 2.94. The Hall–Kier alpha value is -2.43. The van der Waals surface area contributed by atoms with Crippen molar-refractivity contribution in [2.75, 3.05) is 5.32 Å². The van der Waals surface area contributed by atoms with Gasteiger partial charge in [0.05, 0.1) is 6.04 Å². The first kappa shape index (κ1) is 14.0. The van der Waals surface area contributed by atoms with Gasteiger partial charge in [0.25, 0.3) is 11.5 Å². The number of para-hydroxylation sites is 1. The van der Waals surface area contributed by atoms with E-state index < -0.39 is 0 Å². The van der Waals surface area contributed by atoms with Gasteiger partial charge in [0.2, 0.25) is 0 Å². The first-order chi connectivity index (χ1) is 9.49. The fourth-order valence-electron chi connectivity index (χ4n) is 1.82. The Morgan fingerprint density at radius 3 is 2.55 bits per heavy atom. The van der Waals surface area contributed by atoms with Gasteiger partial charge in [-0.25, -0.2) is 4.68 Å². The molecule has 0 spiro atoms. The third-order valence-corrected chi connectivity index (χ3v) is 2.94. The summed E-state index contributed by atoms with van der Waals surface area (Å²) in [6.45, 7) is 5.60. The van der Waals surface area contributed by atoms with Gasteiger partial charge < -0.3 is 5.32 Å². The second-order valence-electron chi connectivity index (χ2n) is 4.86.